The number of hydrogen-bond acceptors (Lipinski definition) is 3. The van der Waals surface area contributed by atoms with Gasteiger partial charge in [-0.25, -0.2) is 4.79 Å². The molecule has 2 heterocycles. The van der Waals surface area contributed by atoms with E-state index in [0.717, 1.165) is 10.0 Å². The molecule has 0 saturated heterocycles. The predicted molar refractivity (Wildman–Crippen MR) is 55.4 cm³/mol. The topological polar surface area (TPSA) is 26.3 Å². The number of carbonyl (C=O) groups is 1. The molecule has 0 N–H and O–H groups in total. The standard InChI is InChI=1S/C9H5BrO2S/c10-9(6-3-4-13-5-6)7-1-2-8(11)12-7/h1-5H/b9-7-. The average molecular weight is 257 g/mol. The molecule has 0 amide bonds. The molecule has 0 aliphatic carbocycles. The fraction of sp³-hybridized carbons (Fsp3) is 0. The lowest BCUT2D eigenvalue weighted by atomic mass is 10.3. The van der Waals surface area contributed by atoms with Crippen molar-refractivity contribution < 1.29 is 9.53 Å². The molecule has 0 spiro atoms. The molecule has 1 aliphatic heterocycles. The number of esters is 1. The van der Waals surface area contributed by atoms with Gasteiger partial charge in [-0.15, -0.1) is 0 Å². The fourth-order valence-electron chi connectivity index (χ4n) is 0.970. The highest BCUT2D eigenvalue weighted by Gasteiger charge is 2.14. The molecule has 1 aromatic rings. The molecule has 0 atom stereocenters. The summed E-state index contributed by atoms with van der Waals surface area (Å²) in [7, 11) is 0. The number of carbonyl (C=O) groups excluding carboxylic acids is 1. The van der Waals surface area contributed by atoms with Crippen molar-refractivity contribution in [2.45, 2.75) is 0 Å². The Hall–Kier alpha value is -0.870. The molecule has 2 rings (SSSR count). The Morgan fingerprint density at radius 2 is 2.31 bits per heavy atom. The summed E-state index contributed by atoms with van der Waals surface area (Å²) >= 11 is 4.98. The van der Waals surface area contributed by atoms with Crippen molar-refractivity contribution in [2.24, 2.45) is 0 Å². The first kappa shape index (κ1) is 8.72. The van der Waals surface area contributed by atoms with Crippen LogP contribution in [0, 0.1) is 0 Å². The second-order valence-corrected chi connectivity index (χ2v) is 4.02. The molecule has 0 saturated carbocycles. The number of rotatable bonds is 1. The summed E-state index contributed by atoms with van der Waals surface area (Å²) < 4.78 is 5.75. The summed E-state index contributed by atoms with van der Waals surface area (Å²) in [4.78, 5) is 10.8. The molecular formula is C9H5BrO2S. The maximum Gasteiger partial charge on any atom is 0.336 e. The number of halogens is 1. The summed E-state index contributed by atoms with van der Waals surface area (Å²) in [5.74, 6) is 0.255. The van der Waals surface area contributed by atoms with E-state index >= 15 is 0 Å². The number of ether oxygens (including phenoxy) is 1. The molecule has 0 aromatic carbocycles. The van der Waals surface area contributed by atoms with Gasteiger partial charge >= 0.3 is 5.97 Å². The minimum atomic E-state index is -0.317. The molecule has 1 aromatic heterocycles. The van der Waals surface area contributed by atoms with Gasteiger partial charge in [0.15, 0.2) is 0 Å². The Balaban J connectivity index is 2.36. The highest BCUT2D eigenvalue weighted by atomic mass is 79.9. The van der Waals surface area contributed by atoms with Gasteiger partial charge in [0.1, 0.15) is 5.76 Å². The second kappa shape index (κ2) is 3.47. The Kier molecular flexibility index (Phi) is 2.33. The van der Waals surface area contributed by atoms with Crippen LogP contribution >= 0.6 is 27.3 Å². The van der Waals surface area contributed by atoms with Gasteiger partial charge in [-0.05, 0) is 38.8 Å². The second-order valence-electron chi connectivity index (χ2n) is 2.44. The largest absolute Gasteiger partial charge is 0.422 e. The first-order chi connectivity index (χ1) is 6.27. The van der Waals surface area contributed by atoms with Crippen LogP contribution in [0.4, 0.5) is 0 Å². The zero-order chi connectivity index (χ0) is 9.26. The van der Waals surface area contributed by atoms with E-state index in [9.17, 15) is 4.79 Å². The maximum absolute atomic E-state index is 10.8. The van der Waals surface area contributed by atoms with Crippen molar-refractivity contribution in [3.05, 3.63) is 40.3 Å². The average Bonchev–Trinajstić information content (AvgIpc) is 2.72. The number of thiophene rings is 1. The molecule has 4 heteroatoms. The molecular weight excluding hydrogens is 252 g/mol. The molecule has 0 fully saturated rings. The lowest BCUT2D eigenvalue weighted by Crippen LogP contribution is -1.91. The smallest absolute Gasteiger partial charge is 0.336 e. The third kappa shape index (κ3) is 1.73. The van der Waals surface area contributed by atoms with Gasteiger partial charge in [-0.1, -0.05) is 0 Å². The monoisotopic (exact) mass is 256 g/mol. The van der Waals surface area contributed by atoms with E-state index in [2.05, 4.69) is 15.9 Å². The van der Waals surface area contributed by atoms with Crippen LogP contribution in [0.25, 0.3) is 4.48 Å². The minimum absolute atomic E-state index is 0.317. The molecule has 0 bridgehead atoms. The molecule has 0 radical (unpaired) electrons. The first-order valence-corrected chi connectivity index (χ1v) is 5.33. The Morgan fingerprint density at radius 1 is 1.46 bits per heavy atom. The Morgan fingerprint density at radius 3 is 2.85 bits per heavy atom. The van der Waals surface area contributed by atoms with E-state index in [1.807, 2.05) is 16.8 Å². The summed E-state index contributed by atoms with van der Waals surface area (Å²) in [5.41, 5.74) is 1.03. The maximum atomic E-state index is 10.8. The van der Waals surface area contributed by atoms with E-state index in [1.165, 1.54) is 6.08 Å². The van der Waals surface area contributed by atoms with E-state index < -0.39 is 0 Å². The third-order valence-electron chi connectivity index (χ3n) is 1.57. The molecule has 1 aliphatic rings. The lowest BCUT2D eigenvalue weighted by Gasteiger charge is -1.99. The number of hydrogen-bond donors (Lipinski definition) is 0. The highest BCUT2D eigenvalue weighted by molar-refractivity contribution is 9.15. The summed E-state index contributed by atoms with van der Waals surface area (Å²) in [6.07, 6.45) is 3.06. The van der Waals surface area contributed by atoms with Crippen LogP contribution in [0.5, 0.6) is 0 Å². The van der Waals surface area contributed by atoms with E-state index in [4.69, 9.17) is 4.74 Å². The van der Waals surface area contributed by atoms with Crippen molar-refractivity contribution in [3.63, 3.8) is 0 Å². The van der Waals surface area contributed by atoms with Gasteiger partial charge < -0.3 is 4.74 Å². The third-order valence-corrected chi connectivity index (χ3v) is 3.10. The number of allylic oxidation sites excluding steroid dienone is 1. The van der Waals surface area contributed by atoms with Gasteiger partial charge in [-0.2, -0.15) is 11.3 Å². The van der Waals surface area contributed by atoms with Crippen LogP contribution in [0.15, 0.2) is 34.7 Å². The van der Waals surface area contributed by atoms with Gasteiger partial charge in [0.2, 0.25) is 0 Å². The lowest BCUT2D eigenvalue weighted by molar-refractivity contribution is -0.132. The van der Waals surface area contributed by atoms with Crippen LogP contribution in [0.3, 0.4) is 0 Å². The van der Waals surface area contributed by atoms with Crippen molar-refractivity contribution >= 4 is 37.7 Å². The van der Waals surface area contributed by atoms with Crippen molar-refractivity contribution in [2.75, 3.05) is 0 Å². The minimum Gasteiger partial charge on any atom is -0.422 e. The Bertz CT molecular complexity index is 390. The zero-order valence-electron chi connectivity index (χ0n) is 6.49. The summed E-state index contributed by atoms with van der Waals surface area (Å²) in [5, 5.41) is 3.95. The quantitative estimate of drug-likeness (QED) is 0.723. The molecule has 0 unspecified atom stereocenters. The first-order valence-electron chi connectivity index (χ1n) is 3.59. The van der Waals surface area contributed by atoms with Crippen LogP contribution in [0.1, 0.15) is 5.56 Å². The van der Waals surface area contributed by atoms with Crippen LogP contribution in [0.2, 0.25) is 0 Å². The van der Waals surface area contributed by atoms with Crippen LogP contribution < -0.4 is 0 Å². The highest BCUT2D eigenvalue weighted by Crippen LogP contribution is 2.30. The van der Waals surface area contributed by atoms with Crippen molar-refractivity contribution in [1.82, 2.24) is 0 Å². The predicted octanol–water partition coefficient (Wildman–Crippen LogP) is 2.92. The zero-order valence-corrected chi connectivity index (χ0v) is 8.89. The summed E-state index contributed by atoms with van der Waals surface area (Å²) in [6.45, 7) is 0. The van der Waals surface area contributed by atoms with Gasteiger partial charge in [-0.3, -0.25) is 0 Å². The van der Waals surface area contributed by atoms with E-state index in [0.29, 0.717) is 5.76 Å². The van der Waals surface area contributed by atoms with Crippen LogP contribution in [-0.2, 0) is 9.53 Å². The number of cyclic esters (lactones) is 1. The molecule has 2 nitrogen and oxygen atoms in total. The van der Waals surface area contributed by atoms with Gasteiger partial charge in [0.05, 0.1) is 4.48 Å². The van der Waals surface area contributed by atoms with E-state index in [-0.39, 0.29) is 5.97 Å². The van der Waals surface area contributed by atoms with E-state index in [1.54, 1.807) is 17.4 Å². The van der Waals surface area contributed by atoms with Gasteiger partial charge in [0, 0.05) is 11.6 Å². The summed E-state index contributed by atoms with van der Waals surface area (Å²) in [6, 6.07) is 1.96. The normalized spacial score (nSPS) is 19.0. The SMILES string of the molecule is O=C1C=C/C(=C(/Br)c2ccsc2)O1. The molecule has 13 heavy (non-hydrogen) atoms. The van der Waals surface area contributed by atoms with Crippen molar-refractivity contribution in [3.8, 4) is 0 Å². The van der Waals surface area contributed by atoms with Crippen LogP contribution in [-0.4, -0.2) is 5.97 Å². The Labute approximate surface area is 87.7 Å². The molecule has 66 valence electrons. The van der Waals surface area contributed by atoms with Gasteiger partial charge in [0.25, 0.3) is 0 Å². The van der Waals surface area contributed by atoms with Crippen molar-refractivity contribution in [1.29, 1.82) is 0 Å². The fourth-order valence-corrected chi connectivity index (χ4v) is 2.23.